The van der Waals surface area contributed by atoms with Gasteiger partial charge in [0.2, 0.25) is 0 Å². The Morgan fingerprint density at radius 3 is 2.55 bits per heavy atom. The third-order valence-electron chi connectivity index (χ3n) is 3.66. The predicted octanol–water partition coefficient (Wildman–Crippen LogP) is 5.54. The largest absolute Gasteiger partial charge is 0.424 e. The van der Waals surface area contributed by atoms with Gasteiger partial charge in [0.15, 0.2) is 0 Å². The van der Waals surface area contributed by atoms with Crippen LogP contribution >= 0.6 is 7.60 Å². The molecule has 0 radical (unpaired) electrons. The van der Waals surface area contributed by atoms with Crippen LogP contribution in [0.15, 0.2) is 24.3 Å². The highest BCUT2D eigenvalue weighted by molar-refractivity contribution is 7.54. The van der Waals surface area contributed by atoms with Gasteiger partial charge in [-0.25, -0.2) is 4.57 Å². The van der Waals surface area contributed by atoms with Gasteiger partial charge in [-0.1, -0.05) is 63.6 Å². The first-order valence-electron chi connectivity index (χ1n) is 7.74. The average Bonchev–Trinajstić information content (AvgIpc) is 2.46. The van der Waals surface area contributed by atoms with Crippen LogP contribution in [-0.2, 0) is 15.7 Å². The lowest BCUT2D eigenvalue weighted by atomic mass is 10.1. The molecule has 0 N–H and O–H groups in total. The molecule has 0 fully saturated rings. The van der Waals surface area contributed by atoms with Crippen molar-refractivity contribution in [2.24, 2.45) is 0 Å². The monoisotopic (exact) mass is 296 g/mol. The zero-order valence-corrected chi connectivity index (χ0v) is 13.2. The van der Waals surface area contributed by atoms with Crippen molar-refractivity contribution >= 4 is 7.60 Å². The lowest BCUT2D eigenvalue weighted by molar-refractivity contribution is 0.231. The van der Waals surface area contributed by atoms with Crippen molar-refractivity contribution in [1.82, 2.24) is 0 Å². The van der Waals surface area contributed by atoms with Gasteiger partial charge in [-0.15, -0.1) is 0 Å². The van der Waals surface area contributed by atoms with E-state index in [1.165, 1.54) is 32.1 Å². The molecular weight excluding hydrogens is 271 g/mol. The van der Waals surface area contributed by atoms with E-state index in [4.69, 9.17) is 9.05 Å². The summed E-state index contributed by atoms with van der Waals surface area (Å²) in [6.07, 6.45) is 8.98. The molecule has 0 saturated heterocycles. The maximum Gasteiger partial charge on any atom is 0.379 e. The van der Waals surface area contributed by atoms with Crippen molar-refractivity contribution in [2.45, 2.75) is 58.5 Å². The van der Waals surface area contributed by atoms with Crippen LogP contribution in [0.4, 0.5) is 0 Å². The van der Waals surface area contributed by atoms with E-state index in [0.29, 0.717) is 12.8 Å². The van der Waals surface area contributed by atoms with Crippen LogP contribution in [-0.4, -0.2) is 6.16 Å². The molecule has 1 atom stereocenters. The Morgan fingerprint density at radius 2 is 1.75 bits per heavy atom. The third-order valence-corrected chi connectivity index (χ3v) is 5.52. The van der Waals surface area contributed by atoms with E-state index in [0.717, 1.165) is 24.2 Å². The molecule has 0 amide bonds. The highest BCUT2D eigenvalue weighted by atomic mass is 31.2. The third kappa shape index (κ3) is 4.64. The number of fused-ring (bicyclic) bond motifs is 1. The van der Waals surface area contributed by atoms with Crippen LogP contribution in [0.2, 0.25) is 0 Å². The van der Waals surface area contributed by atoms with Gasteiger partial charge in [0.05, 0.1) is 12.8 Å². The van der Waals surface area contributed by atoms with Gasteiger partial charge in [-0.05, 0) is 12.5 Å². The fourth-order valence-electron chi connectivity index (χ4n) is 2.43. The summed E-state index contributed by atoms with van der Waals surface area (Å²) in [5.74, 6) is 0.727. The Labute approximate surface area is 122 Å². The van der Waals surface area contributed by atoms with Crippen LogP contribution in [0.25, 0.3) is 0 Å². The van der Waals surface area contributed by atoms with Gasteiger partial charge in [0.1, 0.15) is 5.75 Å². The van der Waals surface area contributed by atoms with E-state index in [1.807, 2.05) is 24.3 Å². The molecule has 0 aliphatic carbocycles. The summed E-state index contributed by atoms with van der Waals surface area (Å²) in [7, 11) is -2.91. The van der Waals surface area contributed by atoms with Crippen molar-refractivity contribution in [3.63, 3.8) is 0 Å². The highest BCUT2D eigenvalue weighted by Crippen LogP contribution is 2.53. The number of rotatable bonds is 8. The van der Waals surface area contributed by atoms with Crippen LogP contribution in [0, 0.1) is 0 Å². The second-order valence-electron chi connectivity index (χ2n) is 5.43. The van der Waals surface area contributed by atoms with E-state index in [2.05, 4.69) is 6.92 Å². The summed E-state index contributed by atoms with van der Waals surface area (Å²) in [5, 5.41) is 0. The van der Waals surface area contributed by atoms with Crippen molar-refractivity contribution in [2.75, 3.05) is 6.16 Å². The van der Waals surface area contributed by atoms with Crippen molar-refractivity contribution < 1.29 is 13.6 Å². The second-order valence-corrected chi connectivity index (χ2v) is 7.54. The molecule has 0 saturated carbocycles. The molecule has 3 nitrogen and oxygen atoms in total. The molecule has 4 heteroatoms. The molecule has 0 bridgehead atoms. The smallest absolute Gasteiger partial charge is 0.379 e. The van der Waals surface area contributed by atoms with E-state index < -0.39 is 7.60 Å². The molecule has 1 aliphatic rings. The number of hydrogen-bond acceptors (Lipinski definition) is 3. The van der Waals surface area contributed by atoms with Gasteiger partial charge < -0.3 is 4.52 Å². The minimum atomic E-state index is -2.91. The van der Waals surface area contributed by atoms with E-state index in [9.17, 15) is 4.57 Å². The number of unbranched alkanes of at least 4 members (excludes halogenated alkanes) is 6. The lowest BCUT2D eigenvalue weighted by Crippen LogP contribution is -2.09. The van der Waals surface area contributed by atoms with Gasteiger partial charge in [-0.2, -0.15) is 0 Å². The summed E-state index contributed by atoms with van der Waals surface area (Å²) >= 11 is 0. The van der Waals surface area contributed by atoms with Gasteiger partial charge in [0, 0.05) is 5.56 Å². The Bertz CT molecular complexity index is 459. The standard InChI is InChI=1S/C16H25O3P/c1-2-3-4-5-6-7-10-13-20(17)18-14-15-11-8-9-12-16(15)19-20/h8-9,11-12H,2-7,10,13-14H2,1H3/t20-/m0/s1. The zero-order valence-electron chi connectivity index (χ0n) is 12.3. The quantitative estimate of drug-likeness (QED) is 0.466. The first kappa shape index (κ1) is 15.6. The normalized spacial score (nSPS) is 21.2. The predicted molar refractivity (Wildman–Crippen MR) is 82.3 cm³/mol. The SMILES string of the molecule is CCCCCCCCC[P@]1(=O)OCc2ccccc2O1. The minimum Gasteiger partial charge on any atom is -0.424 e. The van der Waals surface area contributed by atoms with Crippen molar-refractivity contribution in [1.29, 1.82) is 0 Å². The molecule has 0 aromatic heterocycles. The molecular formula is C16H25O3P. The molecule has 20 heavy (non-hydrogen) atoms. The summed E-state index contributed by atoms with van der Waals surface area (Å²) < 4.78 is 23.6. The van der Waals surface area contributed by atoms with Gasteiger partial charge in [0.25, 0.3) is 0 Å². The first-order valence-corrected chi connectivity index (χ1v) is 9.47. The Morgan fingerprint density at radius 1 is 1.05 bits per heavy atom. The molecule has 1 heterocycles. The van der Waals surface area contributed by atoms with Crippen LogP contribution in [0.3, 0.4) is 0 Å². The Balaban J connectivity index is 1.70. The molecule has 1 aliphatic heterocycles. The fraction of sp³-hybridized carbons (Fsp3) is 0.625. The average molecular weight is 296 g/mol. The van der Waals surface area contributed by atoms with Crippen molar-refractivity contribution in [3.8, 4) is 5.75 Å². The maximum absolute atomic E-state index is 12.5. The van der Waals surface area contributed by atoms with Crippen LogP contribution in [0.1, 0.15) is 57.4 Å². The highest BCUT2D eigenvalue weighted by Gasteiger charge is 2.30. The van der Waals surface area contributed by atoms with Crippen molar-refractivity contribution in [3.05, 3.63) is 29.8 Å². The number of benzene rings is 1. The zero-order chi connectivity index (χ0) is 14.3. The minimum absolute atomic E-state index is 0.407. The summed E-state index contributed by atoms with van der Waals surface area (Å²) in [5.41, 5.74) is 0.985. The Kier molecular flexibility index (Phi) is 6.12. The molecule has 1 aromatic carbocycles. The van der Waals surface area contributed by atoms with Crippen LogP contribution < -0.4 is 4.52 Å². The van der Waals surface area contributed by atoms with Gasteiger partial charge in [-0.3, -0.25) is 4.52 Å². The summed E-state index contributed by atoms with van der Waals surface area (Å²) in [6.45, 7) is 2.63. The molecule has 1 aromatic rings. The van der Waals surface area contributed by atoms with E-state index >= 15 is 0 Å². The second kappa shape index (κ2) is 7.85. The van der Waals surface area contributed by atoms with E-state index in [-0.39, 0.29) is 0 Å². The fourth-order valence-corrected chi connectivity index (χ4v) is 4.13. The Hall–Kier alpha value is -0.790. The summed E-state index contributed by atoms with van der Waals surface area (Å²) in [6, 6.07) is 7.67. The lowest BCUT2D eigenvalue weighted by Gasteiger charge is -2.25. The number of hydrogen-bond donors (Lipinski definition) is 0. The summed E-state index contributed by atoms with van der Waals surface area (Å²) in [4.78, 5) is 0. The topological polar surface area (TPSA) is 35.5 Å². The van der Waals surface area contributed by atoms with Crippen LogP contribution in [0.5, 0.6) is 5.75 Å². The molecule has 2 rings (SSSR count). The first-order chi connectivity index (χ1) is 9.73. The maximum atomic E-state index is 12.5. The molecule has 0 unspecified atom stereocenters. The number of para-hydroxylation sites is 1. The molecule has 0 spiro atoms. The molecule has 112 valence electrons. The van der Waals surface area contributed by atoms with Gasteiger partial charge >= 0.3 is 7.60 Å². The van der Waals surface area contributed by atoms with E-state index in [1.54, 1.807) is 0 Å².